The Morgan fingerprint density at radius 2 is 1.79 bits per heavy atom. The summed E-state index contributed by atoms with van der Waals surface area (Å²) in [4.78, 5) is 39.4. The van der Waals surface area contributed by atoms with Crippen LogP contribution in [0.3, 0.4) is 0 Å². The van der Waals surface area contributed by atoms with Crippen molar-refractivity contribution in [2.24, 2.45) is 5.92 Å². The minimum atomic E-state index is -4.52. The van der Waals surface area contributed by atoms with Gasteiger partial charge in [0.1, 0.15) is 21.9 Å². The van der Waals surface area contributed by atoms with Gasteiger partial charge in [-0.15, -0.1) is 11.3 Å². The number of carbonyl (C=O) groups is 2. The molecule has 2 aliphatic heterocycles. The highest BCUT2D eigenvalue weighted by atomic mass is 32.1. The van der Waals surface area contributed by atoms with Crippen LogP contribution in [0.4, 0.5) is 40.0 Å². The molecule has 16 heteroatoms. The lowest BCUT2D eigenvalue weighted by Crippen LogP contribution is -2.54. The highest BCUT2D eigenvalue weighted by Gasteiger charge is 2.45. The summed E-state index contributed by atoms with van der Waals surface area (Å²) in [7, 11) is 1.60. The van der Waals surface area contributed by atoms with Crippen LogP contribution in [0, 0.1) is 5.92 Å². The number of amides is 2. The van der Waals surface area contributed by atoms with Crippen LogP contribution in [0.1, 0.15) is 43.1 Å². The first-order valence-electron chi connectivity index (χ1n) is 17.0. The molecule has 2 amide bonds. The van der Waals surface area contributed by atoms with Crippen molar-refractivity contribution < 1.29 is 37.0 Å². The summed E-state index contributed by atoms with van der Waals surface area (Å²) in [5.74, 6) is -1.52. The average Bonchev–Trinajstić information content (AvgIpc) is 3.48. The Balaban J connectivity index is 1.29. The van der Waals surface area contributed by atoms with Crippen molar-refractivity contribution in [2.75, 3.05) is 66.9 Å². The number of pyridine rings is 2. The summed E-state index contributed by atoms with van der Waals surface area (Å²) in [6, 6.07) is 10.2. The molecule has 4 aromatic rings. The Morgan fingerprint density at radius 3 is 2.48 bits per heavy atom. The topological polar surface area (TPSA) is 130 Å². The number of anilines is 4. The molecular weight excluding hydrogens is 700 g/mol. The third kappa shape index (κ3) is 8.96. The van der Waals surface area contributed by atoms with Crippen LogP contribution in [0.15, 0.2) is 55.0 Å². The number of nitrogens with zero attached hydrogens (tertiary/aromatic N) is 4. The quantitative estimate of drug-likeness (QED) is 0.171. The monoisotopic (exact) mass is 741 g/mol. The molecule has 0 spiro atoms. The Labute approximate surface area is 303 Å². The van der Waals surface area contributed by atoms with E-state index in [4.69, 9.17) is 19.2 Å². The summed E-state index contributed by atoms with van der Waals surface area (Å²) in [5, 5.41) is 9.52. The van der Waals surface area contributed by atoms with Crippen molar-refractivity contribution in [3.63, 3.8) is 0 Å². The van der Waals surface area contributed by atoms with Crippen LogP contribution in [-0.4, -0.2) is 86.3 Å². The van der Waals surface area contributed by atoms with E-state index >= 15 is 0 Å². The number of methoxy groups -OCH3 is 1. The van der Waals surface area contributed by atoms with Gasteiger partial charge in [0.05, 0.1) is 72.0 Å². The molecule has 52 heavy (non-hydrogen) atoms. The summed E-state index contributed by atoms with van der Waals surface area (Å²) in [6.07, 6.45) is -1.03. The predicted molar refractivity (Wildman–Crippen MR) is 195 cm³/mol. The molecule has 3 aromatic heterocycles. The molecule has 1 aromatic carbocycles. The molecule has 6 rings (SSSR count). The van der Waals surface area contributed by atoms with Crippen LogP contribution >= 0.6 is 11.3 Å². The fraction of sp³-hybridized carbons (Fsp3) is 0.444. The third-order valence-electron chi connectivity index (χ3n) is 8.75. The van der Waals surface area contributed by atoms with E-state index in [9.17, 15) is 22.8 Å². The van der Waals surface area contributed by atoms with Gasteiger partial charge in [-0.2, -0.15) is 13.2 Å². The van der Waals surface area contributed by atoms with E-state index in [0.717, 1.165) is 34.8 Å². The van der Waals surface area contributed by atoms with Gasteiger partial charge in [0, 0.05) is 38.9 Å². The number of fused-ring (bicyclic) bond motifs is 1. The summed E-state index contributed by atoms with van der Waals surface area (Å²) < 4.78 is 59.5. The van der Waals surface area contributed by atoms with Crippen LogP contribution in [0.2, 0.25) is 0 Å². The second-order valence-electron chi connectivity index (χ2n) is 13.7. The van der Waals surface area contributed by atoms with Crippen LogP contribution in [0.25, 0.3) is 10.2 Å². The second-order valence-corrected chi connectivity index (χ2v) is 14.8. The van der Waals surface area contributed by atoms with E-state index < -0.39 is 35.7 Å². The molecule has 0 saturated carbocycles. The molecular formula is C36H42F3N7O5S. The maximum absolute atomic E-state index is 14.3. The first-order valence-corrected chi connectivity index (χ1v) is 17.8. The van der Waals surface area contributed by atoms with Gasteiger partial charge >= 0.3 is 12.3 Å². The zero-order valence-electron chi connectivity index (χ0n) is 29.4. The third-order valence-corrected chi connectivity index (χ3v) is 9.83. The van der Waals surface area contributed by atoms with Gasteiger partial charge in [0.25, 0.3) is 5.91 Å². The lowest BCUT2D eigenvalue weighted by atomic mass is 9.93. The van der Waals surface area contributed by atoms with Gasteiger partial charge in [-0.1, -0.05) is 12.1 Å². The summed E-state index contributed by atoms with van der Waals surface area (Å²) >= 11 is 1.39. The Kier molecular flexibility index (Phi) is 11.0. The van der Waals surface area contributed by atoms with Crippen LogP contribution in [-0.2, 0) is 16.0 Å². The van der Waals surface area contributed by atoms with Gasteiger partial charge in [0.2, 0.25) is 0 Å². The van der Waals surface area contributed by atoms with E-state index in [0.29, 0.717) is 41.5 Å². The van der Waals surface area contributed by atoms with E-state index in [1.165, 1.54) is 28.6 Å². The second kappa shape index (κ2) is 15.4. The van der Waals surface area contributed by atoms with Gasteiger partial charge in [0.15, 0.2) is 0 Å². The standard InChI is InChI=1S/C36H42F3N7O5S/c1-35(2,3)51-34(48)43-24-15-23(36(37,38)39)20-46(21-24)28-9-10-40-19-27(28)44-32(47)30-31-29(16-25(18-41-31)45-11-13-50-14-12-45)52-33(30)42-17-22-5-7-26(49-4)8-6-22/h5-10,16,18-19,23-24,42H,11-15,17,20-21H2,1-4H3,(H,43,48)(H,44,47)/t23-,24+/m1/s1. The number of rotatable bonds is 9. The van der Waals surface area contributed by atoms with Gasteiger partial charge in [-0.3, -0.25) is 14.8 Å². The fourth-order valence-corrected chi connectivity index (χ4v) is 7.37. The number of alkyl carbamates (subject to hydrolysis) is 1. The normalized spacial score (nSPS) is 18.2. The molecule has 0 unspecified atom stereocenters. The van der Waals surface area contributed by atoms with E-state index in [1.54, 1.807) is 40.1 Å². The Hall–Kier alpha value is -4.83. The number of halogens is 3. The predicted octanol–water partition coefficient (Wildman–Crippen LogP) is 6.68. The zero-order chi connectivity index (χ0) is 37.0. The number of hydrogen-bond acceptors (Lipinski definition) is 11. The first-order chi connectivity index (χ1) is 24.8. The molecule has 3 N–H and O–H groups in total. The molecule has 2 fully saturated rings. The smallest absolute Gasteiger partial charge is 0.407 e. The number of alkyl halides is 3. The molecule has 5 heterocycles. The van der Waals surface area contributed by atoms with Crippen molar-refractivity contribution in [3.05, 3.63) is 66.1 Å². The van der Waals surface area contributed by atoms with Gasteiger partial charge in [-0.05, 0) is 57.0 Å². The van der Waals surface area contributed by atoms with E-state index in [1.807, 2.05) is 30.3 Å². The van der Waals surface area contributed by atoms with Crippen LogP contribution < -0.4 is 30.5 Å². The lowest BCUT2D eigenvalue weighted by Gasteiger charge is -2.40. The number of ether oxygens (including phenoxy) is 3. The molecule has 12 nitrogen and oxygen atoms in total. The van der Waals surface area contributed by atoms with E-state index in [-0.39, 0.29) is 25.2 Å². The molecule has 0 bridgehead atoms. The molecule has 2 saturated heterocycles. The number of morpholine rings is 1. The molecule has 2 atom stereocenters. The number of aromatic nitrogens is 2. The minimum absolute atomic E-state index is 0.0562. The average molecular weight is 742 g/mol. The maximum Gasteiger partial charge on any atom is 0.407 e. The number of thiophene rings is 1. The van der Waals surface area contributed by atoms with Crippen molar-refractivity contribution in [3.8, 4) is 5.75 Å². The fourth-order valence-electron chi connectivity index (χ4n) is 6.28. The van der Waals surface area contributed by atoms with Crippen LogP contribution in [0.5, 0.6) is 5.75 Å². The highest BCUT2D eigenvalue weighted by Crippen LogP contribution is 2.40. The summed E-state index contributed by atoms with van der Waals surface area (Å²) in [5.41, 5.74) is 2.39. The highest BCUT2D eigenvalue weighted by molar-refractivity contribution is 7.23. The largest absolute Gasteiger partial charge is 0.497 e. The zero-order valence-corrected chi connectivity index (χ0v) is 30.2. The van der Waals surface area contributed by atoms with Gasteiger partial charge in [-0.25, -0.2) is 4.79 Å². The Bertz CT molecular complexity index is 1880. The first kappa shape index (κ1) is 36.9. The SMILES string of the molecule is COc1ccc(CNc2sc3cc(N4CCOCC4)cnc3c2C(=O)Nc2cnccc2N2C[C@@H](NC(=O)OC(C)(C)C)C[C@@H](C(F)(F)F)C2)cc1. The summed E-state index contributed by atoms with van der Waals surface area (Å²) in [6.45, 7) is 7.79. The van der Waals surface area contributed by atoms with Gasteiger partial charge < -0.3 is 40.0 Å². The molecule has 2 aliphatic rings. The van der Waals surface area contributed by atoms with E-state index in [2.05, 4.69) is 25.8 Å². The number of hydrogen-bond donors (Lipinski definition) is 3. The van der Waals surface area contributed by atoms with Crippen molar-refractivity contribution >= 4 is 55.6 Å². The maximum atomic E-state index is 14.3. The number of benzene rings is 1. The molecule has 278 valence electrons. The Morgan fingerprint density at radius 1 is 1.04 bits per heavy atom. The number of nitrogens with one attached hydrogen (secondary N) is 3. The minimum Gasteiger partial charge on any atom is -0.497 e. The number of carbonyl (C=O) groups excluding carboxylic acids is 2. The number of piperidine rings is 1. The lowest BCUT2D eigenvalue weighted by molar-refractivity contribution is -0.177. The van der Waals surface area contributed by atoms with Crippen molar-refractivity contribution in [1.29, 1.82) is 0 Å². The van der Waals surface area contributed by atoms with Crippen molar-refractivity contribution in [1.82, 2.24) is 15.3 Å². The molecule has 0 radical (unpaired) electrons. The molecule has 0 aliphatic carbocycles. The van der Waals surface area contributed by atoms with Crippen molar-refractivity contribution in [2.45, 2.75) is 51.6 Å².